The van der Waals surface area contributed by atoms with Crippen LogP contribution in [0.2, 0.25) is 5.02 Å². The van der Waals surface area contributed by atoms with Gasteiger partial charge in [0, 0.05) is 10.7 Å². The second kappa shape index (κ2) is 9.58. The van der Waals surface area contributed by atoms with Crippen LogP contribution in [0.4, 0.5) is 5.69 Å². The van der Waals surface area contributed by atoms with Crippen LogP contribution in [-0.2, 0) is 9.59 Å². The van der Waals surface area contributed by atoms with E-state index in [-0.39, 0.29) is 6.42 Å². The Labute approximate surface area is 157 Å². The summed E-state index contributed by atoms with van der Waals surface area (Å²) in [5.74, 6) is -0.243. The molecule has 0 fully saturated rings. The lowest BCUT2D eigenvalue weighted by molar-refractivity contribution is -0.126. The van der Waals surface area contributed by atoms with Crippen molar-refractivity contribution in [3.05, 3.63) is 58.6 Å². The van der Waals surface area contributed by atoms with Gasteiger partial charge in [-0.2, -0.15) is 5.10 Å². The Balaban J connectivity index is 1.83. The van der Waals surface area contributed by atoms with E-state index in [1.54, 1.807) is 24.3 Å². The molecule has 0 aliphatic carbocycles. The lowest BCUT2D eigenvalue weighted by Gasteiger charge is -2.06. The summed E-state index contributed by atoms with van der Waals surface area (Å²) in [6.07, 6.45) is 1.14. The van der Waals surface area contributed by atoms with E-state index >= 15 is 0 Å². The highest BCUT2D eigenvalue weighted by atomic mass is 35.5. The highest BCUT2D eigenvalue weighted by Crippen LogP contribution is 2.20. The fourth-order valence-electron chi connectivity index (χ4n) is 2.09. The first-order valence-electron chi connectivity index (χ1n) is 8.08. The summed E-state index contributed by atoms with van der Waals surface area (Å²) in [4.78, 5) is 23.7. The van der Waals surface area contributed by atoms with Gasteiger partial charge in [0.05, 0.1) is 12.8 Å². The molecule has 0 radical (unpaired) electrons. The molecule has 2 amide bonds. The smallest absolute Gasteiger partial charge is 0.249 e. The maximum atomic E-state index is 11.9. The van der Waals surface area contributed by atoms with Crippen LogP contribution < -0.4 is 15.5 Å². The molecule has 0 bridgehead atoms. The lowest BCUT2D eigenvalue weighted by atomic mass is 10.2. The van der Waals surface area contributed by atoms with E-state index in [2.05, 4.69) is 15.8 Å². The molecule has 6 nitrogen and oxygen atoms in total. The van der Waals surface area contributed by atoms with Crippen molar-refractivity contribution in [2.24, 2.45) is 5.10 Å². The van der Waals surface area contributed by atoms with Crippen LogP contribution >= 0.6 is 11.6 Å². The molecule has 0 heterocycles. The van der Waals surface area contributed by atoms with Gasteiger partial charge in [-0.15, -0.1) is 0 Å². The van der Waals surface area contributed by atoms with E-state index in [0.29, 0.717) is 17.3 Å². The van der Waals surface area contributed by atoms with Gasteiger partial charge in [-0.05, 0) is 49.2 Å². The predicted octanol–water partition coefficient (Wildman–Crippen LogP) is 3.53. The fourth-order valence-corrected chi connectivity index (χ4v) is 2.27. The van der Waals surface area contributed by atoms with Crippen molar-refractivity contribution in [3.63, 3.8) is 0 Å². The fraction of sp³-hybridized carbons (Fsp3) is 0.211. The van der Waals surface area contributed by atoms with Crippen molar-refractivity contribution < 1.29 is 14.3 Å². The molecule has 2 aromatic rings. The molecule has 2 aromatic carbocycles. The van der Waals surface area contributed by atoms with Gasteiger partial charge in [0.15, 0.2) is 0 Å². The van der Waals surface area contributed by atoms with E-state index < -0.39 is 11.8 Å². The number of hydrogen-bond donors (Lipinski definition) is 2. The summed E-state index contributed by atoms with van der Waals surface area (Å²) < 4.78 is 5.39. The van der Waals surface area contributed by atoms with Gasteiger partial charge in [0.25, 0.3) is 0 Å². The van der Waals surface area contributed by atoms with Crippen LogP contribution in [0.15, 0.2) is 47.6 Å². The molecule has 0 saturated carbocycles. The van der Waals surface area contributed by atoms with Crippen LogP contribution in [0.5, 0.6) is 5.75 Å². The normalized spacial score (nSPS) is 10.6. The number of anilines is 1. The maximum Gasteiger partial charge on any atom is 0.249 e. The number of rotatable bonds is 7. The van der Waals surface area contributed by atoms with Gasteiger partial charge in [0.2, 0.25) is 11.8 Å². The molecule has 7 heteroatoms. The zero-order valence-corrected chi connectivity index (χ0v) is 15.3. The number of aryl methyl sites for hydroxylation is 1. The van der Waals surface area contributed by atoms with E-state index in [1.807, 2.05) is 32.0 Å². The number of nitrogens with one attached hydrogen (secondary N) is 2. The number of benzene rings is 2. The van der Waals surface area contributed by atoms with Gasteiger partial charge in [-0.3, -0.25) is 9.59 Å². The molecule has 0 unspecified atom stereocenters. The van der Waals surface area contributed by atoms with Crippen molar-refractivity contribution in [2.45, 2.75) is 20.3 Å². The quantitative estimate of drug-likeness (QED) is 0.442. The zero-order valence-electron chi connectivity index (χ0n) is 14.6. The Hall–Kier alpha value is -2.86. The average Bonchev–Trinajstić information content (AvgIpc) is 2.59. The van der Waals surface area contributed by atoms with Crippen molar-refractivity contribution in [2.75, 3.05) is 11.9 Å². The summed E-state index contributed by atoms with van der Waals surface area (Å²) in [5.41, 5.74) is 4.54. The Morgan fingerprint density at radius 1 is 1.19 bits per heavy atom. The molecule has 0 aliphatic rings. The molecule has 0 aromatic heterocycles. The van der Waals surface area contributed by atoms with Crippen LogP contribution in [0.25, 0.3) is 0 Å². The highest BCUT2D eigenvalue weighted by molar-refractivity contribution is 6.31. The third-order valence-corrected chi connectivity index (χ3v) is 3.76. The SMILES string of the molecule is CCOc1cccc(C=NNC(=O)CC(=O)Nc2ccc(C)c(Cl)c2)c1. The minimum absolute atomic E-state index is 0.345. The van der Waals surface area contributed by atoms with Gasteiger partial charge in [0.1, 0.15) is 12.2 Å². The first-order chi connectivity index (χ1) is 12.5. The third-order valence-electron chi connectivity index (χ3n) is 3.35. The summed E-state index contributed by atoms with van der Waals surface area (Å²) in [5, 5.41) is 7.01. The summed E-state index contributed by atoms with van der Waals surface area (Å²) in [7, 11) is 0. The molecular formula is C19H20ClN3O3. The van der Waals surface area contributed by atoms with Crippen LogP contribution in [0.1, 0.15) is 24.5 Å². The number of halogens is 1. The molecular weight excluding hydrogens is 354 g/mol. The highest BCUT2D eigenvalue weighted by Gasteiger charge is 2.09. The summed E-state index contributed by atoms with van der Waals surface area (Å²) >= 11 is 6.00. The number of hydrogen-bond acceptors (Lipinski definition) is 4. The molecule has 0 saturated heterocycles. The lowest BCUT2D eigenvalue weighted by Crippen LogP contribution is -2.24. The van der Waals surface area contributed by atoms with Crippen molar-refractivity contribution >= 4 is 35.3 Å². The number of ether oxygens (including phenoxy) is 1. The molecule has 26 heavy (non-hydrogen) atoms. The Morgan fingerprint density at radius 3 is 2.73 bits per heavy atom. The van der Waals surface area contributed by atoms with E-state index in [1.165, 1.54) is 6.21 Å². The second-order valence-corrected chi connectivity index (χ2v) is 5.89. The minimum Gasteiger partial charge on any atom is -0.494 e. The van der Waals surface area contributed by atoms with E-state index in [4.69, 9.17) is 16.3 Å². The topological polar surface area (TPSA) is 79.8 Å². The van der Waals surface area contributed by atoms with Gasteiger partial charge in [-0.1, -0.05) is 29.8 Å². The first-order valence-corrected chi connectivity index (χ1v) is 8.46. The number of carbonyl (C=O) groups is 2. The van der Waals surface area contributed by atoms with Gasteiger partial charge in [-0.25, -0.2) is 5.43 Å². The van der Waals surface area contributed by atoms with Crippen LogP contribution in [-0.4, -0.2) is 24.6 Å². The monoisotopic (exact) mass is 373 g/mol. The second-order valence-electron chi connectivity index (χ2n) is 5.49. The molecule has 2 N–H and O–H groups in total. The number of amides is 2. The maximum absolute atomic E-state index is 11.9. The third kappa shape index (κ3) is 6.22. The van der Waals surface area contributed by atoms with Crippen molar-refractivity contribution in [1.29, 1.82) is 0 Å². The predicted molar refractivity (Wildman–Crippen MR) is 103 cm³/mol. The van der Waals surface area contributed by atoms with E-state index in [0.717, 1.165) is 16.9 Å². The molecule has 2 rings (SSSR count). The molecule has 0 spiro atoms. The Kier molecular flexibility index (Phi) is 7.17. The molecule has 0 aliphatic heterocycles. The minimum atomic E-state index is -0.516. The van der Waals surface area contributed by atoms with Crippen molar-refractivity contribution in [1.82, 2.24) is 5.43 Å². The number of hydrazone groups is 1. The number of carbonyl (C=O) groups excluding carboxylic acids is 2. The Morgan fingerprint density at radius 2 is 2.00 bits per heavy atom. The average molecular weight is 374 g/mol. The van der Waals surface area contributed by atoms with Gasteiger partial charge < -0.3 is 10.1 Å². The molecule has 136 valence electrons. The Bertz CT molecular complexity index is 821. The summed E-state index contributed by atoms with van der Waals surface area (Å²) in [6, 6.07) is 12.4. The largest absolute Gasteiger partial charge is 0.494 e. The standard InChI is InChI=1S/C19H20ClN3O3/c1-3-26-16-6-4-5-14(9-16)12-21-23-19(25)11-18(24)22-15-8-7-13(2)17(20)10-15/h4-10,12H,3,11H2,1-2H3,(H,22,24)(H,23,25). The van der Waals surface area contributed by atoms with Crippen molar-refractivity contribution in [3.8, 4) is 5.75 Å². The van der Waals surface area contributed by atoms with E-state index in [9.17, 15) is 9.59 Å². The van der Waals surface area contributed by atoms with Crippen LogP contribution in [0.3, 0.4) is 0 Å². The zero-order chi connectivity index (χ0) is 18.9. The number of nitrogens with zero attached hydrogens (tertiary/aromatic N) is 1. The van der Waals surface area contributed by atoms with Crippen LogP contribution in [0, 0.1) is 6.92 Å². The summed E-state index contributed by atoms with van der Waals surface area (Å²) in [6.45, 7) is 4.33. The van der Waals surface area contributed by atoms with Gasteiger partial charge >= 0.3 is 0 Å². The molecule has 0 atom stereocenters. The first kappa shape index (κ1) is 19.5.